The maximum Gasteiger partial charge on any atom is 0.334 e. The lowest BCUT2D eigenvalue weighted by molar-refractivity contribution is 0.0131. The van der Waals surface area contributed by atoms with Gasteiger partial charge in [-0.05, 0) is 104 Å². The van der Waals surface area contributed by atoms with Crippen LogP contribution in [0.4, 0.5) is 16.4 Å². The first kappa shape index (κ1) is 34.4. The Kier molecular flexibility index (Phi) is 9.87. The van der Waals surface area contributed by atoms with Crippen LogP contribution in [-0.2, 0) is 26.5 Å². The number of carbonyl (C=O) groups is 2. The van der Waals surface area contributed by atoms with E-state index in [-0.39, 0.29) is 34.7 Å². The van der Waals surface area contributed by atoms with Gasteiger partial charge in [-0.3, -0.25) is 10.1 Å². The van der Waals surface area contributed by atoms with E-state index in [0.717, 1.165) is 49.4 Å². The van der Waals surface area contributed by atoms with E-state index in [1.54, 1.807) is 25.3 Å². The van der Waals surface area contributed by atoms with Gasteiger partial charge in [-0.2, -0.15) is 0 Å². The zero-order valence-corrected chi connectivity index (χ0v) is 29.9. The molecular weight excluding hydrogens is 676 g/mol. The lowest BCUT2D eigenvalue weighted by Crippen LogP contribution is -2.49. The lowest BCUT2D eigenvalue weighted by atomic mass is 9.68. The largest absolute Gasteiger partial charge is 0.490 e. The van der Waals surface area contributed by atoms with Crippen molar-refractivity contribution in [3.8, 4) is 5.75 Å². The van der Waals surface area contributed by atoms with Crippen molar-refractivity contribution in [2.75, 3.05) is 42.8 Å². The number of benzene rings is 2. The standard InChI is InChI=1S/C37H43ClN6O5S/c1-24-6-3-8-32(48-2)29-12-9-27(29)20-44-22-37(15-4-7-25-18-28(38)11-13-30(25)37)23-49-33-14-10-26(19-31(33)44)34(45)42-50(47,21-24)43-36(46)41-35-39-16-5-17-40-35/h3,5,8,10-11,13-14,16-19,24,27,29,32H,4,6-7,9,12,15,20-23H2,1-2H3,(H2,39,40,41,42,43,45,46,47)/b8-3+/t24-,27-,29+,32-,37-,50?/m0/s1. The van der Waals surface area contributed by atoms with E-state index in [4.69, 9.17) is 21.1 Å². The summed E-state index contributed by atoms with van der Waals surface area (Å²) in [6.45, 7) is 3.89. The third-order valence-electron chi connectivity index (χ3n) is 10.6. The van der Waals surface area contributed by atoms with Crippen LogP contribution in [0.15, 0.2) is 71.4 Å². The molecular formula is C37H43ClN6O5S. The Morgan fingerprint density at radius 1 is 1.16 bits per heavy atom. The van der Waals surface area contributed by atoms with Gasteiger partial charge >= 0.3 is 6.03 Å². The number of carbonyl (C=O) groups excluding carboxylic acids is 2. The van der Waals surface area contributed by atoms with E-state index in [0.29, 0.717) is 37.2 Å². The Labute approximate surface area is 298 Å². The number of aromatic nitrogens is 2. The number of aryl methyl sites for hydroxylation is 1. The van der Waals surface area contributed by atoms with Gasteiger partial charge in [-0.15, -0.1) is 4.36 Å². The molecule has 13 heteroatoms. The second-order valence-electron chi connectivity index (χ2n) is 14.1. The molecule has 1 unspecified atom stereocenters. The Bertz CT molecular complexity index is 1920. The number of urea groups is 1. The monoisotopic (exact) mass is 718 g/mol. The van der Waals surface area contributed by atoms with Crippen LogP contribution in [-0.4, -0.2) is 64.8 Å². The first-order chi connectivity index (χ1) is 24.1. The summed E-state index contributed by atoms with van der Waals surface area (Å²) >= 11 is 6.45. The fourth-order valence-electron chi connectivity index (χ4n) is 8.00. The van der Waals surface area contributed by atoms with Crippen LogP contribution in [0, 0.1) is 17.8 Å². The van der Waals surface area contributed by atoms with Gasteiger partial charge < -0.3 is 14.4 Å². The number of hydrogen-bond donors (Lipinski definition) is 2. The maximum atomic E-state index is 14.4. The number of rotatable bonds is 3. The van der Waals surface area contributed by atoms with Crippen LogP contribution in [0.25, 0.3) is 0 Å². The molecule has 50 heavy (non-hydrogen) atoms. The molecule has 7 rings (SSSR count). The minimum absolute atomic E-state index is 0.0377. The molecule has 2 aliphatic heterocycles. The maximum absolute atomic E-state index is 14.4. The van der Waals surface area contributed by atoms with Gasteiger partial charge in [0.15, 0.2) is 0 Å². The van der Waals surface area contributed by atoms with Gasteiger partial charge in [0.25, 0.3) is 5.91 Å². The van der Waals surface area contributed by atoms with E-state index in [9.17, 15) is 13.8 Å². The number of amides is 3. The fraction of sp³-hybridized carbons (Fsp3) is 0.459. The molecule has 6 atom stereocenters. The minimum atomic E-state index is -3.58. The summed E-state index contributed by atoms with van der Waals surface area (Å²) in [5.41, 5.74) is 3.33. The molecule has 1 saturated carbocycles. The van der Waals surface area contributed by atoms with Crippen LogP contribution >= 0.6 is 11.6 Å². The number of hydrogen-bond acceptors (Lipinski definition) is 8. The van der Waals surface area contributed by atoms with Crippen molar-refractivity contribution in [1.29, 1.82) is 0 Å². The van der Waals surface area contributed by atoms with Crippen molar-refractivity contribution >= 4 is 45.1 Å². The number of ether oxygens (including phenoxy) is 2. The number of halogens is 1. The van der Waals surface area contributed by atoms with E-state index in [2.05, 4.69) is 53.6 Å². The predicted octanol–water partition coefficient (Wildman–Crippen LogP) is 6.59. The summed E-state index contributed by atoms with van der Waals surface area (Å²) in [6.07, 6.45) is 12.7. The lowest BCUT2D eigenvalue weighted by Gasteiger charge is -2.46. The van der Waals surface area contributed by atoms with Crippen LogP contribution in [0.1, 0.15) is 60.5 Å². The summed E-state index contributed by atoms with van der Waals surface area (Å²) in [4.78, 5) is 37.3. The highest BCUT2D eigenvalue weighted by atomic mass is 35.5. The number of nitrogens with one attached hydrogen (secondary N) is 2. The predicted molar refractivity (Wildman–Crippen MR) is 194 cm³/mol. The highest BCUT2D eigenvalue weighted by molar-refractivity contribution is 7.92. The van der Waals surface area contributed by atoms with E-state index >= 15 is 0 Å². The molecule has 2 aromatic carbocycles. The third kappa shape index (κ3) is 7.24. The Morgan fingerprint density at radius 2 is 2.00 bits per heavy atom. The number of methoxy groups -OCH3 is 1. The second-order valence-corrected chi connectivity index (χ2v) is 16.5. The average molecular weight is 719 g/mol. The molecule has 1 spiro atoms. The summed E-state index contributed by atoms with van der Waals surface area (Å²) in [5, 5.41) is 3.22. The normalized spacial score (nSPS) is 30.0. The van der Waals surface area contributed by atoms with Crippen molar-refractivity contribution < 1.29 is 23.3 Å². The zero-order chi connectivity index (χ0) is 34.9. The molecule has 1 fully saturated rings. The zero-order valence-electron chi connectivity index (χ0n) is 28.3. The molecule has 0 saturated heterocycles. The second kappa shape index (κ2) is 14.3. The summed E-state index contributed by atoms with van der Waals surface area (Å²) in [7, 11) is -1.82. The SMILES string of the molecule is CO[C@H]1/C=C/C[C@H](C)CS(=O)(NC(=O)Nc2ncccn2)=NC(=O)c2ccc3c(c2)N(C[C@@H]2CC[C@H]21)C[C@@]1(CCCc2cc(Cl)ccc21)CO3. The topological polar surface area (TPSA) is 135 Å². The van der Waals surface area contributed by atoms with Crippen LogP contribution in [0.3, 0.4) is 0 Å². The summed E-state index contributed by atoms with van der Waals surface area (Å²) in [6, 6.07) is 12.3. The number of fused-ring (bicyclic) bond motifs is 4. The Morgan fingerprint density at radius 3 is 2.78 bits per heavy atom. The molecule has 2 N–H and O–H groups in total. The van der Waals surface area contributed by atoms with Crippen LogP contribution in [0.5, 0.6) is 5.75 Å². The quantitative estimate of drug-likeness (QED) is 0.290. The van der Waals surface area contributed by atoms with Crippen molar-refractivity contribution in [2.45, 2.75) is 57.0 Å². The Hall–Kier alpha value is -4.00. The smallest absolute Gasteiger partial charge is 0.334 e. The van der Waals surface area contributed by atoms with Gasteiger partial charge in [0.1, 0.15) is 15.7 Å². The minimum Gasteiger partial charge on any atom is -0.490 e. The van der Waals surface area contributed by atoms with Gasteiger partial charge in [0.2, 0.25) is 5.95 Å². The van der Waals surface area contributed by atoms with Crippen molar-refractivity contribution in [2.24, 2.45) is 22.1 Å². The van der Waals surface area contributed by atoms with Crippen LogP contribution in [0.2, 0.25) is 5.02 Å². The molecule has 2 aliphatic carbocycles. The number of nitrogens with zero attached hydrogens (tertiary/aromatic N) is 4. The van der Waals surface area contributed by atoms with Crippen molar-refractivity contribution in [3.05, 3.63) is 88.7 Å². The van der Waals surface area contributed by atoms with Crippen molar-refractivity contribution in [1.82, 2.24) is 14.7 Å². The fourth-order valence-corrected chi connectivity index (χ4v) is 10.0. The van der Waals surface area contributed by atoms with Crippen molar-refractivity contribution in [3.63, 3.8) is 0 Å². The third-order valence-corrected chi connectivity index (χ3v) is 12.8. The Balaban J connectivity index is 1.28. The van der Waals surface area contributed by atoms with Gasteiger partial charge in [0.05, 0.1) is 24.2 Å². The molecule has 3 amide bonds. The van der Waals surface area contributed by atoms with Gasteiger partial charge in [-0.1, -0.05) is 36.7 Å². The first-order valence-electron chi connectivity index (χ1n) is 17.3. The average Bonchev–Trinajstić information content (AvgIpc) is 3.22. The molecule has 11 nitrogen and oxygen atoms in total. The number of anilines is 2. The van der Waals surface area contributed by atoms with E-state index in [1.165, 1.54) is 23.5 Å². The molecule has 2 bridgehead atoms. The van der Waals surface area contributed by atoms with E-state index < -0.39 is 21.9 Å². The molecule has 4 aliphatic rings. The summed E-state index contributed by atoms with van der Waals surface area (Å²) < 4.78 is 33.7. The molecule has 3 aromatic rings. The molecule has 1 aromatic heterocycles. The first-order valence-corrected chi connectivity index (χ1v) is 19.3. The van der Waals surface area contributed by atoms with E-state index in [1.807, 2.05) is 19.1 Å². The van der Waals surface area contributed by atoms with Gasteiger partial charge in [-0.25, -0.2) is 23.7 Å². The number of allylic oxidation sites excluding steroid dienone is 1. The summed E-state index contributed by atoms with van der Waals surface area (Å²) in [5.74, 6) is 0.542. The molecule has 0 radical (unpaired) electrons. The highest BCUT2D eigenvalue weighted by Gasteiger charge is 2.44. The van der Waals surface area contributed by atoms with Gasteiger partial charge in [0, 0.05) is 48.6 Å². The highest BCUT2D eigenvalue weighted by Crippen LogP contribution is 2.47. The van der Waals surface area contributed by atoms with Crippen LogP contribution < -0.4 is 19.7 Å². The molecule has 3 heterocycles. The molecule has 264 valence electrons.